The average molecular weight is 285 g/mol. The highest BCUT2D eigenvalue weighted by atomic mass is 16.1. The van der Waals surface area contributed by atoms with E-state index in [0.717, 1.165) is 29.7 Å². The summed E-state index contributed by atoms with van der Waals surface area (Å²) in [7, 11) is 0. The molecule has 0 radical (unpaired) electrons. The number of carbonyl (C=O) groups is 1. The molecule has 4 nitrogen and oxygen atoms in total. The van der Waals surface area contributed by atoms with E-state index in [-0.39, 0.29) is 5.78 Å². The topological polar surface area (TPSA) is 60.9 Å². The van der Waals surface area contributed by atoms with Crippen molar-refractivity contribution in [2.45, 2.75) is 39.2 Å². The van der Waals surface area contributed by atoms with Crippen LogP contribution in [0.3, 0.4) is 0 Å². The molecule has 0 spiro atoms. The Hall–Kier alpha value is -1.94. The van der Waals surface area contributed by atoms with Gasteiger partial charge in [0.15, 0.2) is 5.78 Å². The van der Waals surface area contributed by atoms with Gasteiger partial charge in [0.25, 0.3) is 0 Å². The van der Waals surface area contributed by atoms with Gasteiger partial charge in [-0.1, -0.05) is 31.2 Å². The molecule has 0 amide bonds. The zero-order valence-corrected chi connectivity index (χ0v) is 12.7. The zero-order chi connectivity index (χ0) is 15.2. The molecular formula is C17H23N3O. The monoisotopic (exact) mass is 285 g/mol. The van der Waals surface area contributed by atoms with Gasteiger partial charge in [-0.25, -0.2) is 0 Å². The van der Waals surface area contributed by atoms with Crippen LogP contribution in [0.2, 0.25) is 0 Å². The highest BCUT2D eigenvalue weighted by Gasteiger charge is 2.13. The van der Waals surface area contributed by atoms with Crippen LogP contribution in [-0.2, 0) is 12.8 Å². The molecular weight excluding hydrogens is 262 g/mol. The lowest BCUT2D eigenvalue weighted by atomic mass is 9.98. The standard InChI is InChI=1S/C17H23N3O/c1-3-13(2)20-11-9-15(19-20)12-17(21)16-7-5-4-6-14(16)8-10-18/h4-7,9,11,13H,3,8,10,12,18H2,1-2H3. The number of carbonyl (C=O) groups excluding carboxylic acids is 1. The second kappa shape index (κ2) is 7.18. The van der Waals surface area contributed by atoms with Crippen molar-refractivity contribution in [3.05, 3.63) is 53.3 Å². The minimum atomic E-state index is 0.105. The molecule has 0 aliphatic carbocycles. The van der Waals surface area contributed by atoms with E-state index >= 15 is 0 Å². The van der Waals surface area contributed by atoms with Crippen molar-refractivity contribution in [3.63, 3.8) is 0 Å². The summed E-state index contributed by atoms with van der Waals surface area (Å²) < 4.78 is 1.93. The molecule has 0 saturated carbocycles. The summed E-state index contributed by atoms with van der Waals surface area (Å²) in [5.41, 5.74) is 8.21. The summed E-state index contributed by atoms with van der Waals surface area (Å²) in [6, 6.07) is 9.97. The first kappa shape index (κ1) is 15.4. The van der Waals surface area contributed by atoms with Crippen molar-refractivity contribution in [1.82, 2.24) is 9.78 Å². The summed E-state index contributed by atoms with van der Waals surface area (Å²) in [5.74, 6) is 0.105. The smallest absolute Gasteiger partial charge is 0.169 e. The lowest BCUT2D eigenvalue weighted by molar-refractivity contribution is 0.0991. The lowest BCUT2D eigenvalue weighted by Crippen LogP contribution is -2.11. The summed E-state index contributed by atoms with van der Waals surface area (Å²) in [4.78, 5) is 12.5. The van der Waals surface area contributed by atoms with Crippen LogP contribution in [0.5, 0.6) is 0 Å². The SMILES string of the molecule is CCC(C)n1ccc(CC(=O)c2ccccc2CCN)n1. The van der Waals surface area contributed by atoms with E-state index in [2.05, 4.69) is 18.9 Å². The fourth-order valence-electron chi connectivity index (χ4n) is 2.33. The second-order valence-electron chi connectivity index (χ2n) is 5.34. The zero-order valence-electron chi connectivity index (χ0n) is 12.7. The van der Waals surface area contributed by atoms with Crippen LogP contribution in [0, 0.1) is 0 Å². The number of nitrogens with two attached hydrogens (primary N) is 1. The molecule has 0 bridgehead atoms. The Balaban J connectivity index is 2.13. The van der Waals surface area contributed by atoms with Crippen LogP contribution in [0.15, 0.2) is 36.5 Å². The maximum absolute atomic E-state index is 12.5. The first-order chi connectivity index (χ1) is 10.2. The van der Waals surface area contributed by atoms with Crippen molar-refractivity contribution >= 4 is 5.78 Å². The van der Waals surface area contributed by atoms with Crippen LogP contribution in [-0.4, -0.2) is 22.1 Å². The van der Waals surface area contributed by atoms with E-state index in [1.807, 2.05) is 41.2 Å². The van der Waals surface area contributed by atoms with Crippen molar-refractivity contribution in [3.8, 4) is 0 Å². The molecule has 1 unspecified atom stereocenters. The van der Waals surface area contributed by atoms with E-state index in [1.165, 1.54) is 0 Å². The molecule has 2 rings (SSSR count). The van der Waals surface area contributed by atoms with Gasteiger partial charge in [-0.05, 0) is 37.9 Å². The molecule has 4 heteroatoms. The van der Waals surface area contributed by atoms with Gasteiger partial charge >= 0.3 is 0 Å². The second-order valence-corrected chi connectivity index (χ2v) is 5.34. The Bertz CT molecular complexity index is 604. The Morgan fingerprint density at radius 2 is 2.10 bits per heavy atom. The van der Waals surface area contributed by atoms with E-state index in [9.17, 15) is 4.79 Å². The maximum Gasteiger partial charge on any atom is 0.169 e. The van der Waals surface area contributed by atoms with Crippen LogP contribution in [0.4, 0.5) is 0 Å². The van der Waals surface area contributed by atoms with Gasteiger partial charge in [-0.15, -0.1) is 0 Å². The molecule has 2 aromatic rings. The van der Waals surface area contributed by atoms with Gasteiger partial charge in [0.1, 0.15) is 0 Å². The fraction of sp³-hybridized carbons (Fsp3) is 0.412. The molecule has 0 saturated heterocycles. The van der Waals surface area contributed by atoms with Gasteiger partial charge < -0.3 is 5.73 Å². The average Bonchev–Trinajstić information content (AvgIpc) is 2.95. The maximum atomic E-state index is 12.5. The Labute approximate surface area is 126 Å². The Morgan fingerprint density at radius 1 is 1.33 bits per heavy atom. The largest absolute Gasteiger partial charge is 0.330 e. The number of hydrogen-bond acceptors (Lipinski definition) is 3. The molecule has 112 valence electrons. The fourth-order valence-corrected chi connectivity index (χ4v) is 2.33. The first-order valence-corrected chi connectivity index (χ1v) is 7.51. The first-order valence-electron chi connectivity index (χ1n) is 7.51. The molecule has 1 atom stereocenters. The Kier molecular flexibility index (Phi) is 5.28. The number of aromatic nitrogens is 2. The summed E-state index contributed by atoms with van der Waals surface area (Å²) in [6.07, 6.45) is 4.03. The third-order valence-corrected chi connectivity index (χ3v) is 3.78. The molecule has 0 aliphatic rings. The van der Waals surface area contributed by atoms with E-state index in [4.69, 9.17) is 5.73 Å². The van der Waals surface area contributed by atoms with Crippen molar-refractivity contribution in [2.24, 2.45) is 5.73 Å². The normalized spacial score (nSPS) is 12.3. The van der Waals surface area contributed by atoms with Crippen molar-refractivity contribution < 1.29 is 4.79 Å². The molecule has 2 N–H and O–H groups in total. The number of nitrogens with zero attached hydrogens (tertiary/aromatic N) is 2. The van der Waals surface area contributed by atoms with Gasteiger partial charge in [0, 0.05) is 17.8 Å². The quantitative estimate of drug-likeness (QED) is 0.796. The third-order valence-electron chi connectivity index (χ3n) is 3.78. The van der Waals surface area contributed by atoms with Crippen LogP contribution >= 0.6 is 0 Å². The molecule has 0 aliphatic heterocycles. The lowest BCUT2D eigenvalue weighted by Gasteiger charge is -2.08. The summed E-state index contributed by atoms with van der Waals surface area (Å²) >= 11 is 0. The van der Waals surface area contributed by atoms with E-state index in [1.54, 1.807) is 0 Å². The van der Waals surface area contributed by atoms with Crippen LogP contribution < -0.4 is 5.73 Å². The summed E-state index contributed by atoms with van der Waals surface area (Å²) in [5, 5.41) is 4.49. The number of Topliss-reactive ketones (excluding diaryl/α,β-unsaturated/α-hetero) is 1. The predicted octanol–water partition coefficient (Wildman–Crippen LogP) is 2.78. The van der Waals surface area contributed by atoms with Crippen LogP contribution in [0.1, 0.15) is 47.9 Å². The molecule has 0 fully saturated rings. The minimum absolute atomic E-state index is 0.105. The van der Waals surface area contributed by atoms with Gasteiger partial charge in [0.05, 0.1) is 12.1 Å². The molecule has 1 aromatic carbocycles. The van der Waals surface area contributed by atoms with E-state index in [0.29, 0.717) is 19.0 Å². The van der Waals surface area contributed by atoms with Gasteiger partial charge in [-0.3, -0.25) is 9.48 Å². The molecule has 1 aromatic heterocycles. The number of ketones is 1. The number of hydrogen-bond donors (Lipinski definition) is 1. The Morgan fingerprint density at radius 3 is 2.81 bits per heavy atom. The highest BCUT2D eigenvalue weighted by molar-refractivity contribution is 5.98. The highest BCUT2D eigenvalue weighted by Crippen LogP contribution is 2.14. The molecule has 21 heavy (non-hydrogen) atoms. The number of rotatable bonds is 7. The van der Waals surface area contributed by atoms with Crippen molar-refractivity contribution in [1.29, 1.82) is 0 Å². The van der Waals surface area contributed by atoms with Gasteiger partial charge in [-0.2, -0.15) is 5.10 Å². The molecule has 1 heterocycles. The third kappa shape index (κ3) is 3.79. The number of benzene rings is 1. The van der Waals surface area contributed by atoms with Crippen molar-refractivity contribution in [2.75, 3.05) is 6.54 Å². The predicted molar refractivity (Wildman–Crippen MR) is 84.5 cm³/mol. The summed E-state index contributed by atoms with van der Waals surface area (Å²) in [6.45, 7) is 4.79. The van der Waals surface area contributed by atoms with Gasteiger partial charge in [0.2, 0.25) is 0 Å². The van der Waals surface area contributed by atoms with Crippen LogP contribution in [0.25, 0.3) is 0 Å². The van der Waals surface area contributed by atoms with E-state index < -0.39 is 0 Å². The minimum Gasteiger partial charge on any atom is -0.330 e.